The van der Waals surface area contributed by atoms with Crippen LogP contribution < -0.4 is 10.1 Å². The molecule has 0 atom stereocenters. The predicted octanol–water partition coefficient (Wildman–Crippen LogP) is 3.91. The van der Waals surface area contributed by atoms with Crippen molar-refractivity contribution in [2.45, 2.75) is 0 Å². The van der Waals surface area contributed by atoms with E-state index in [1.807, 2.05) is 12.1 Å². The summed E-state index contributed by atoms with van der Waals surface area (Å²) in [6.45, 7) is 0. The van der Waals surface area contributed by atoms with Gasteiger partial charge in [0.15, 0.2) is 5.69 Å². The van der Waals surface area contributed by atoms with Crippen molar-refractivity contribution in [3.8, 4) is 5.75 Å². The van der Waals surface area contributed by atoms with Gasteiger partial charge in [0.25, 0.3) is 0 Å². The molecule has 2 aromatic carbocycles. The number of hydrogen-bond acceptors (Lipinski definition) is 5. The monoisotopic (exact) mass is 326 g/mol. The Bertz CT molecular complexity index is 895. The van der Waals surface area contributed by atoms with E-state index < -0.39 is 5.97 Å². The van der Waals surface area contributed by atoms with E-state index in [1.54, 1.807) is 19.2 Å². The van der Waals surface area contributed by atoms with E-state index >= 15 is 0 Å². The normalized spacial score (nSPS) is 10.5. The number of carbonyl (C=O) groups excluding carboxylic acids is 1. The van der Waals surface area contributed by atoms with Crippen LogP contribution in [0.25, 0.3) is 10.9 Å². The first kappa shape index (κ1) is 15.7. The first-order valence-electron chi connectivity index (χ1n) is 7.20. The van der Waals surface area contributed by atoms with E-state index in [0.29, 0.717) is 16.6 Å². The second-order valence-corrected chi connectivity index (χ2v) is 5.06. The molecule has 0 bridgehead atoms. The number of benzene rings is 2. The van der Waals surface area contributed by atoms with Crippen LogP contribution in [0.5, 0.6) is 5.75 Å². The van der Waals surface area contributed by atoms with Crippen molar-refractivity contribution in [3.05, 3.63) is 60.0 Å². The Morgan fingerprint density at radius 3 is 2.50 bits per heavy atom. The summed E-state index contributed by atoms with van der Waals surface area (Å²) < 4.78 is 23.5. The van der Waals surface area contributed by atoms with Crippen LogP contribution in [0.2, 0.25) is 0 Å². The summed E-state index contributed by atoms with van der Waals surface area (Å²) >= 11 is 0. The van der Waals surface area contributed by atoms with Gasteiger partial charge < -0.3 is 14.8 Å². The zero-order valence-electron chi connectivity index (χ0n) is 13.2. The molecule has 0 fully saturated rings. The standard InChI is InChI=1S/C18H15FN2O3/c1-23-13-6-4-12(5-7-13)20-16-10-17(18(22)24-2)21-15-8-3-11(19)9-14(15)16/h3-10H,1-2H3,(H,20,21). The fourth-order valence-corrected chi connectivity index (χ4v) is 2.34. The van der Waals surface area contributed by atoms with E-state index in [-0.39, 0.29) is 11.5 Å². The Morgan fingerprint density at radius 1 is 1.08 bits per heavy atom. The van der Waals surface area contributed by atoms with Gasteiger partial charge in [0.1, 0.15) is 11.6 Å². The molecule has 0 aliphatic carbocycles. The Hall–Kier alpha value is -3.15. The van der Waals surface area contributed by atoms with Gasteiger partial charge in [-0.2, -0.15) is 0 Å². The van der Waals surface area contributed by atoms with Gasteiger partial charge in [0.05, 0.1) is 25.4 Å². The molecule has 0 aliphatic heterocycles. The molecule has 0 saturated heterocycles. The maximum absolute atomic E-state index is 13.6. The van der Waals surface area contributed by atoms with Gasteiger partial charge in [-0.05, 0) is 48.5 Å². The van der Waals surface area contributed by atoms with Crippen molar-refractivity contribution in [2.75, 3.05) is 19.5 Å². The van der Waals surface area contributed by atoms with Crippen LogP contribution >= 0.6 is 0 Å². The van der Waals surface area contributed by atoms with Crippen molar-refractivity contribution < 1.29 is 18.7 Å². The lowest BCUT2D eigenvalue weighted by Crippen LogP contribution is -2.06. The van der Waals surface area contributed by atoms with Crippen LogP contribution in [-0.4, -0.2) is 25.2 Å². The molecule has 0 amide bonds. The number of ether oxygens (including phenoxy) is 2. The predicted molar refractivity (Wildman–Crippen MR) is 89.3 cm³/mol. The van der Waals surface area contributed by atoms with E-state index in [1.165, 1.54) is 31.4 Å². The number of aromatic nitrogens is 1. The summed E-state index contributed by atoms with van der Waals surface area (Å²) in [6.07, 6.45) is 0. The van der Waals surface area contributed by atoms with Crippen LogP contribution in [0.4, 0.5) is 15.8 Å². The van der Waals surface area contributed by atoms with E-state index in [4.69, 9.17) is 9.47 Å². The molecular formula is C18H15FN2O3. The second kappa shape index (κ2) is 6.54. The number of anilines is 2. The summed E-state index contributed by atoms with van der Waals surface area (Å²) in [6, 6.07) is 13.0. The zero-order chi connectivity index (χ0) is 17.1. The highest BCUT2D eigenvalue weighted by Crippen LogP contribution is 2.28. The maximum Gasteiger partial charge on any atom is 0.356 e. The van der Waals surface area contributed by atoms with Gasteiger partial charge in [-0.3, -0.25) is 0 Å². The fraction of sp³-hybridized carbons (Fsp3) is 0.111. The molecule has 122 valence electrons. The summed E-state index contributed by atoms with van der Waals surface area (Å²) in [4.78, 5) is 16.0. The number of rotatable bonds is 4. The van der Waals surface area contributed by atoms with E-state index in [0.717, 1.165) is 11.4 Å². The first-order valence-corrected chi connectivity index (χ1v) is 7.20. The number of nitrogens with zero attached hydrogens (tertiary/aromatic N) is 1. The van der Waals surface area contributed by atoms with Crippen molar-refractivity contribution in [1.29, 1.82) is 0 Å². The molecule has 1 aromatic heterocycles. The third kappa shape index (κ3) is 3.12. The molecule has 3 rings (SSSR count). The summed E-state index contributed by atoms with van der Waals surface area (Å²) in [5.74, 6) is -0.215. The SMILES string of the molecule is COC(=O)c1cc(Nc2ccc(OC)cc2)c2cc(F)ccc2n1. The quantitative estimate of drug-likeness (QED) is 0.737. The number of methoxy groups -OCH3 is 2. The largest absolute Gasteiger partial charge is 0.497 e. The van der Waals surface area contributed by atoms with Gasteiger partial charge in [0.2, 0.25) is 0 Å². The van der Waals surface area contributed by atoms with Gasteiger partial charge >= 0.3 is 5.97 Å². The Morgan fingerprint density at radius 2 is 1.83 bits per heavy atom. The molecule has 0 unspecified atom stereocenters. The number of halogens is 1. The minimum Gasteiger partial charge on any atom is -0.497 e. The highest BCUT2D eigenvalue weighted by atomic mass is 19.1. The molecule has 0 spiro atoms. The molecule has 0 aliphatic rings. The Kier molecular flexibility index (Phi) is 4.29. The average molecular weight is 326 g/mol. The fourth-order valence-electron chi connectivity index (χ4n) is 2.34. The number of pyridine rings is 1. The van der Waals surface area contributed by atoms with Gasteiger partial charge in [0, 0.05) is 11.1 Å². The van der Waals surface area contributed by atoms with Crippen LogP contribution in [-0.2, 0) is 4.74 Å². The van der Waals surface area contributed by atoms with Crippen LogP contribution in [0.3, 0.4) is 0 Å². The molecule has 6 heteroatoms. The second-order valence-electron chi connectivity index (χ2n) is 5.06. The number of nitrogens with one attached hydrogen (secondary N) is 1. The van der Waals surface area contributed by atoms with Crippen LogP contribution in [0, 0.1) is 5.82 Å². The lowest BCUT2D eigenvalue weighted by atomic mass is 10.1. The zero-order valence-corrected chi connectivity index (χ0v) is 13.2. The van der Waals surface area contributed by atoms with Crippen LogP contribution in [0.1, 0.15) is 10.5 Å². The van der Waals surface area contributed by atoms with Crippen LogP contribution in [0.15, 0.2) is 48.5 Å². The smallest absolute Gasteiger partial charge is 0.356 e. The highest BCUT2D eigenvalue weighted by molar-refractivity contribution is 5.98. The Balaban J connectivity index is 2.08. The lowest BCUT2D eigenvalue weighted by Gasteiger charge is -2.12. The van der Waals surface area contributed by atoms with Gasteiger partial charge in [-0.1, -0.05) is 0 Å². The highest BCUT2D eigenvalue weighted by Gasteiger charge is 2.13. The third-order valence-electron chi connectivity index (χ3n) is 3.53. The van der Waals surface area contributed by atoms with Crippen molar-refractivity contribution in [3.63, 3.8) is 0 Å². The van der Waals surface area contributed by atoms with Gasteiger partial charge in [-0.15, -0.1) is 0 Å². The van der Waals surface area contributed by atoms with Crippen molar-refractivity contribution in [1.82, 2.24) is 4.98 Å². The molecule has 0 radical (unpaired) electrons. The molecule has 24 heavy (non-hydrogen) atoms. The molecule has 1 heterocycles. The van der Waals surface area contributed by atoms with Crippen molar-refractivity contribution in [2.24, 2.45) is 0 Å². The van der Waals surface area contributed by atoms with Gasteiger partial charge in [-0.25, -0.2) is 14.2 Å². The number of fused-ring (bicyclic) bond motifs is 1. The molecule has 3 aromatic rings. The van der Waals surface area contributed by atoms with E-state index in [2.05, 4.69) is 10.3 Å². The maximum atomic E-state index is 13.6. The average Bonchev–Trinajstić information content (AvgIpc) is 2.61. The van der Waals surface area contributed by atoms with E-state index in [9.17, 15) is 9.18 Å². The number of esters is 1. The topological polar surface area (TPSA) is 60.5 Å². The van der Waals surface area contributed by atoms with Crippen molar-refractivity contribution >= 4 is 28.2 Å². The summed E-state index contributed by atoms with van der Waals surface area (Å²) in [7, 11) is 2.87. The minimum atomic E-state index is -0.556. The molecular weight excluding hydrogens is 311 g/mol. The number of hydrogen-bond donors (Lipinski definition) is 1. The minimum absolute atomic E-state index is 0.146. The first-order chi connectivity index (χ1) is 11.6. The molecule has 1 N–H and O–H groups in total. The number of carbonyl (C=O) groups is 1. The summed E-state index contributed by atoms with van der Waals surface area (Å²) in [5, 5.41) is 3.74. The molecule has 0 saturated carbocycles. The Labute approximate surface area is 138 Å². The molecule has 5 nitrogen and oxygen atoms in total. The summed E-state index contributed by atoms with van der Waals surface area (Å²) in [5.41, 5.74) is 1.97. The lowest BCUT2D eigenvalue weighted by molar-refractivity contribution is 0.0594. The third-order valence-corrected chi connectivity index (χ3v) is 3.53.